The molecule has 0 heterocycles. The van der Waals surface area contributed by atoms with Crippen LogP contribution in [0.4, 0.5) is 0 Å². The second kappa shape index (κ2) is 6.79. The second-order valence-electron chi connectivity index (χ2n) is 3.69. The summed E-state index contributed by atoms with van der Waals surface area (Å²) in [4.78, 5) is 12.5. The predicted molar refractivity (Wildman–Crippen MR) is 55.2 cm³/mol. The van der Waals surface area contributed by atoms with E-state index in [-0.39, 0.29) is 0 Å². The molecule has 14 heavy (non-hydrogen) atoms. The highest BCUT2D eigenvalue weighted by Crippen LogP contribution is 2.23. The molecule has 0 radical (unpaired) electrons. The molecule has 1 aliphatic rings. The van der Waals surface area contributed by atoms with E-state index in [1.807, 2.05) is 0 Å². The van der Waals surface area contributed by atoms with E-state index in [0.717, 1.165) is 38.7 Å². The van der Waals surface area contributed by atoms with Gasteiger partial charge in [0.1, 0.15) is 0 Å². The lowest BCUT2D eigenvalue weighted by Crippen LogP contribution is -2.44. The highest BCUT2D eigenvalue weighted by molar-refractivity contribution is 5.45. The number of ether oxygens (including phenoxy) is 1. The lowest BCUT2D eigenvalue weighted by Gasteiger charge is -2.37. The monoisotopic (exact) mass is 200 g/mol. The normalized spacial score (nSPS) is 16.7. The average Bonchev–Trinajstić information content (AvgIpc) is 2.11. The summed E-state index contributed by atoms with van der Waals surface area (Å²) in [5, 5.41) is 2.70. The van der Waals surface area contributed by atoms with Crippen molar-refractivity contribution >= 4 is 6.41 Å². The molecule has 4 nitrogen and oxygen atoms in total. The van der Waals surface area contributed by atoms with E-state index in [2.05, 4.69) is 10.2 Å². The van der Waals surface area contributed by atoms with E-state index in [1.54, 1.807) is 7.11 Å². The van der Waals surface area contributed by atoms with Crippen molar-refractivity contribution in [2.24, 2.45) is 0 Å². The maximum absolute atomic E-state index is 10.1. The van der Waals surface area contributed by atoms with Gasteiger partial charge in [-0.2, -0.15) is 0 Å². The first-order chi connectivity index (χ1) is 6.88. The number of rotatable bonds is 8. The van der Waals surface area contributed by atoms with Gasteiger partial charge in [-0.1, -0.05) is 6.42 Å². The molecule has 0 atom stereocenters. The van der Waals surface area contributed by atoms with E-state index >= 15 is 0 Å². The maximum atomic E-state index is 10.1. The Hall–Kier alpha value is -0.610. The standard InChI is InChI=1S/C10H20N2O2/c1-14-8-7-12(6-5-11-9-13)10-3-2-4-10/h9-10H,2-8H2,1H3,(H,11,13). The Morgan fingerprint density at radius 3 is 2.79 bits per heavy atom. The number of carbonyl (C=O) groups excluding carboxylic acids is 1. The zero-order valence-electron chi connectivity index (χ0n) is 8.87. The number of nitrogens with one attached hydrogen (secondary N) is 1. The molecule has 0 saturated heterocycles. The van der Waals surface area contributed by atoms with Crippen molar-refractivity contribution in [3.63, 3.8) is 0 Å². The number of amides is 1. The van der Waals surface area contributed by atoms with Crippen molar-refractivity contribution in [3.8, 4) is 0 Å². The SMILES string of the molecule is COCCN(CCNC=O)C1CCC1. The van der Waals surface area contributed by atoms with Crippen LogP contribution >= 0.6 is 0 Å². The van der Waals surface area contributed by atoms with Crippen LogP contribution < -0.4 is 5.32 Å². The van der Waals surface area contributed by atoms with E-state index in [1.165, 1.54) is 19.3 Å². The summed E-state index contributed by atoms with van der Waals surface area (Å²) in [5.41, 5.74) is 0. The number of nitrogens with zero attached hydrogens (tertiary/aromatic N) is 1. The molecular weight excluding hydrogens is 180 g/mol. The molecule has 0 bridgehead atoms. The fourth-order valence-corrected chi connectivity index (χ4v) is 1.70. The molecule has 1 rings (SSSR count). The smallest absolute Gasteiger partial charge is 0.207 e. The van der Waals surface area contributed by atoms with Crippen LogP contribution in [0.15, 0.2) is 0 Å². The van der Waals surface area contributed by atoms with Gasteiger partial charge >= 0.3 is 0 Å². The van der Waals surface area contributed by atoms with E-state index < -0.39 is 0 Å². The summed E-state index contributed by atoms with van der Waals surface area (Å²) >= 11 is 0. The molecule has 0 aliphatic heterocycles. The molecule has 1 saturated carbocycles. The van der Waals surface area contributed by atoms with Gasteiger partial charge in [-0.15, -0.1) is 0 Å². The molecule has 0 aromatic carbocycles. The van der Waals surface area contributed by atoms with Crippen LogP contribution in [0.1, 0.15) is 19.3 Å². The van der Waals surface area contributed by atoms with Crippen molar-refractivity contribution < 1.29 is 9.53 Å². The zero-order valence-corrected chi connectivity index (χ0v) is 8.87. The third-order valence-corrected chi connectivity index (χ3v) is 2.80. The summed E-state index contributed by atoms with van der Waals surface area (Å²) in [5.74, 6) is 0. The Bertz CT molecular complexity index is 160. The number of carbonyl (C=O) groups is 1. The van der Waals surface area contributed by atoms with E-state index in [9.17, 15) is 4.79 Å². The predicted octanol–water partition coefficient (Wildman–Crippen LogP) is 0.233. The first kappa shape index (κ1) is 11.5. The largest absolute Gasteiger partial charge is 0.383 e. The molecule has 1 aliphatic carbocycles. The first-order valence-corrected chi connectivity index (χ1v) is 5.28. The lowest BCUT2D eigenvalue weighted by molar-refractivity contribution is -0.109. The molecular formula is C10H20N2O2. The van der Waals surface area contributed by atoms with Crippen molar-refractivity contribution in [1.82, 2.24) is 10.2 Å². The summed E-state index contributed by atoms with van der Waals surface area (Å²) < 4.78 is 5.07. The van der Waals surface area contributed by atoms with Gasteiger partial charge in [0.2, 0.25) is 6.41 Å². The number of hydrogen-bond donors (Lipinski definition) is 1. The summed E-state index contributed by atoms with van der Waals surface area (Å²) in [6, 6.07) is 0.721. The molecule has 0 aromatic heterocycles. The summed E-state index contributed by atoms with van der Waals surface area (Å²) in [7, 11) is 1.72. The van der Waals surface area contributed by atoms with Crippen LogP contribution in [0.2, 0.25) is 0 Å². The molecule has 0 aromatic rings. The Labute approximate surface area is 85.6 Å². The maximum Gasteiger partial charge on any atom is 0.207 e. The molecule has 0 unspecified atom stereocenters. The van der Waals surface area contributed by atoms with Gasteiger partial charge in [-0.3, -0.25) is 9.69 Å². The van der Waals surface area contributed by atoms with Crippen LogP contribution in [0.3, 0.4) is 0 Å². The first-order valence-electron chi connectivity index (χ1n) is 5.28. The molecule has 82 valence electrons. The minimum Gasteiger partial charge on any atom is -0.383 e. The van der Waals surface area contributed by atoms with Gasteiger partial charge in [0, 0.05) is 32.8 Å². The Balaban J connectivity index is 2.17. The molecule has 4 heteroatoms. The van der Waals surface area contributed by atoms with Gasteiger partial charge in [0.05, 0.1) is 6.61 Å². The van der Waals surface area contributed by atoms with Gasteiger partial charge in [0.15, 0.2) is 0 Å². The third-order valence-electron chi connectivity index (χ3n) is 2.80. The van der Waals surface area contributed by atoms with Crippen LogP contribution in [-0.2, 0) is 9.53 Å². The van der Waals surface area contributed by atoms with Crippen molar-refractivity contribution in [2.45, 2.75) is 25.3 Å². The minimum absolute atomic E-state index is 0.721. The van der Waals surface area contributed by atoms with E-state index in [4.69, 9.17) is 4.74 Å². The highest BCUT2D eigenvalue weighted by Gasteiger charge is 2.23. The topological polar surface area (TPSA) is 41.6 Å². The zero-order chi connectivity index (χ0) is 10.2. The fraction of sp³-hybridized carbons (Fsp3) is 0.900. The quantitative estimate of drug-likeness (QED) is 0.450. The minimum atomic E-state index is 0.721. The van der Waals surface area contributed by atoms with Crippen molar-refractivity contribution in [1.29, 1.82) is 0 Å². The Morgan fingerprint density at radius 2 is 2.29 bits per heavy atom. The van der Waals surface area contributed by atoms with Crippen LogP contribution in [0.5, 0.6) is 0 Å². The van der Waals surface area contributed by atoms with Crippen molar-refractivity contribution in [3.05, 3.63) is 0 Å². The van der Waals surface area contributed by atoms with Gasteiger partial charge in [-0.25, -0.2) is 0 Å². The number of methoxy groups -OCH3 is 1. The lowest BCUT2D eigenvalue weighted by atomic mass is 9.91. The van der Waals surface area contributed by atoms with Crippen LogP contribution in [0, 0.1) is 0 Å². The Kier molecular flexibility index (Phi) is 5.56. The van der Waals surface area contributed by atoms with Gasteiger partial charge < -0.3 is 10.1 Å². The fourth-order valence-electron chi connectivity index (χ4n) is 1.70. The van der Waals surface area contributed by atoms with Gasteiger partial charge in [-0.05, 0) is 12.8 Å². The highest BCUT2D eigenvalue weighted by atomic mass is 16.5. The van der Waals surface area contributed by atoms with Crippen molar-refractivity contribution in [2.75, 3.05) is 33.4 Å². The number of hydrogen-bond acceptors (Lipinski definition) is 3. The Morgan fingerprint density at radius 1 is 1.50 bits per heavy atom. The second-order valence-corrected chi connectivity index (χ2v) is 3.69. The van der Waals surface area contributed by atoms with Crippen LogP contribution in [-0.4, -0.2) is 50.7 Å². The third kappa shape index (κ3) is 3.64. The van der Waals surface area contributed by atoms with E-state index in [0.29, 0.717) is 0 Å². The average molecular weight is 200 g/mol. The molecule has 0 spiro atoms. The molecule has 1 amide bonds. The summed E-state index contributed by atoms with van der Waals surface area (Å²) in [6.07, 6.45) is 4.69. The van der Waals surface area contributed by atoms with Crippen LogP contribution in [0.25, 0.3) is 0 Å². The van der Waals surface area contributed by atoms with Gasteiger partial charge in [0.25, 0.3) is 0 Å². The molecule has 1 fully saturated rings. The summed E-state index contributed by atoms with van der Waals surface area (Å²) in [6.45, 7) is 3.43. The molecule has 1 N–H and O–H groups in total.